The fraction of sp³-hybridized carbons (Fsp3) is 0.235. The van der Waals surface area contributed by atoms with Crippen molar-refractivity contribution < 1.29 is 23.9 Å². The van der Waals surface area contributed by atoms with Crippen molar-refractivity contribution in [3.63, 3.8) is 0 Å². The number of amidine groups is 1. The second kappa shape index (κ2) is 19.4. The number of rotatable bonds is 9. The molecule has 0 aromatic heterocycles. The third kappa shape index (κ3) is 11.8. The Morgan fingerprint density at radius 1 is 1.05 bits per heavy atom. The van der Waals surface area contributed by atoms with Crippen molar-refractivity contribution in [2.75, 3.05) is 26.0 Å². The highest BCUT2D eigenvalue weighted by molar-refractivity contribution is 8.15. The van der Waals surface area contributed by atoms with E-state index >= 15 is 0 Å². The Morgan fingerprint density at radius 2 is 1.73 bits per heavy atom. The largest absolute Gasteiger partial charge is 0.468 e. The van der Waals surface area contributed by atoms with E-state index in [0.29, 0.717) is 17.5 Å². The van der Waals surface area contributed by atoms with E-state index < -0.39 is 6.09 Å². The second-order valence-corrected chi connectivity index (χ2v) is 10.3. The summed E-state index contributed by atoms with van der Waals surface area (Å²) >= 11 is 1.45. The predicted molar refractivity (Wildman–Crippen MR) is 179 cm³/mol. The first-order valence-corrected chi connectivity index (χ1v) is 14.8. The van der Waals surface area contributed by atoms with Gasteiger partial charge in [0.15, 0.2) is 5.17 Å². The molecule has 0 aliphatic carbocycles. The van der Waals surface area contributed by atoms with Crippen LogP contribution in [0.2, 0.25) is 0 Å². The fourth-order valence-electron chi connectivity index (χ4n) is 3.70. The summed E-state index contributed by atoms with van der Waals surface area (Å²) in [4.78, 5) is 39.1. The van der Waals surface area contributed by atoms with Crippen molar-refractivity contribution >= 4 is 46.6 Å². The molecule has 1 heterocycles. The summed E-state index contributed by atoms with van der Waals surface area (Å²) in [5.41, 5.74) is 4.87. The number of allylic oxidation sites excluding steroid dienone is 1. The van der Waals surface area contributed by atoms with Gasteiger partial charge in [0.05, 0.1) is 18.5 Å². The summed E-state index contributed by atoms with van der Waals surface area (Å²) in [6, 6.07) is 25.3. The second-order valence-electron chi connectivity index (χ2n) is 9.20. The highest BCUT2D eigenvalue weighted by atomic mass is 32.2. The average molecular weight is 617 g/mol. The lowest BCUT2D eigenvalue weighted by molar-refractivity contribution is -0.126. The molecular formula is C34H40N4O5S. The lowest BCUT2D eigenvalue weighted by atomic mass is 10.1. The van der Waals surface area contributed by atoms with E-state index in [1.165, 1.54) is 25.7 Å². The number of nitrogens with zero attached hydrogens (tertiary/aromatic N) is 2. The van der Waals surface area contributed by atoms with Crippen molar-refractivity contribution in [2.24, 2.45) is 4.99 Å². The first-order valence-electron chi connectivity index (χ1n) is 13.9. The number of ether oxygens (including phenoxy) is 2. The molecule has 0 spiro atoms. The maximum Gasteiger partial charge on any atom is 0.407 e. The zero-order valence-electron chi connectivity index (χ0n) is 25.8. The number of anilines is 1. The molecule has 1 aliphatic heterocycles. The number of hydrogen-bond acceptors (Lipinski definition) is 8. The quantitative estimate of drug-likeness (QED) is 0.194. The van der Waals surface area contributed by atoms with Crippen molar-refractivity contribution in [2.45, 2.75) is 32.6 Å². The van der Waals surface area contributed by atoms with Crippen molar-refractivity contribution in [1.29, 1.82) is 0 Å². The van der Waals surface area contributed by atoms with E-state index in [-0.39, 0.29) is 17.7 Å². The summed E-state index contributed by atoms with van der Waals surface area (Å²) < 4.78 is 10.3. The molecule has 4 rings (SSSR count). The van der Waals surface area contributed by atoms with Crippen molar-refractivity contribution in [3.05, 3.63) is 120 Å². The zero-order chi connectivity index (χ0) is 32.3. The third-order valence-corrected chi connectivity index (χ3v) is 7.03. The molecular weight excluding hydrogens is 576 g/mol. The lowest BCUT2D eigenvalue weighted by Gasteiger charge is -2.17. The van der Waals surface area contributed by atoms with Crippen LogP contribution < -0.4 is 10.6 Å². The van der Waals surface area contributed by atoms with Gasteiger partial charge in [0, 0.05) is 19.8 Å². The molecule has 0 saturated carbocycles. The van der Waals surface area contributed by atoms with E-state index in [9.17, 15) is 9.59 Å². The molecule has 2 amide bonds. The molecule has 1 fully saturated rings. The van der Waals surface area contributed by atoms with Crippen molar-refractivity contribution in [1.82, 2.24) is 10.2 Å². The molecule has 3 aromatic carbocycles. The predicted octanol–water partition coefficient (Wildman–Crippen LogP) is 7.15. The first-order chi connectivity index (χ1) is 21.3. The highest BCUT2D eigenvalue weighted by Crippen LogP contribution is 2.41. The molecule has 10 heteroatoms. The van der Waals surface area contributed by atoms with Gasteiger partial charge in [-0.25, -0.2) is 9.79 Å². The smallest absolute Gasteiger partial charge is 0.407 e. The normalized spacial score (nSPS) is 14.6. The van der Waals surface area contributed by atoms with Crippen LogP contribution in [0.25, 0.3) is 0 Å². The Kier molecular flexibility index (Phi) is 15.6. The minimum atomic E-state index is -0.404. The maximum atomic E-state index is 13.2. The summed E-state index contributed by atoms with van der Waals surface area (Å²) in [5.74, 6) is 0.462. The molecule has 2 N–H and O–H groups in total. The summed E-state index contributed by atoms with van der Waals surface area (Å²) in [5, 5.41) is 5.77. The van der Waals surface area contributed by atoms with Crippen LogP contribution >= 0.6 is 11.8 Å². The minimum absolute atomic E-state index is 0.0242. The number of hydrogen-bond donors (Lipinski definition) is 2. The van der Waals surface area contributed by atoms with Gasteiger partial charge in [0.1, 0.15) is 23.9 Å². The van der Waals surface area contributed by atoms with Gasteiger partial charge in [-0.3, -0.25) is 9.69 Å². The topological polar surface area (TPSA) is 109 Å². The molecule has 0 bridgehead atoms. The van der Waals surface area contributed by atoms with E-state index in [4.69, 9.17) is 19.3 Å². The molecule has 3 aromatic rings. The van der Waals surface area contributed by atoms with Crippen LogP contribution in [0.4, 0.5) is 16.2 Å². The van der Waals surface area contributed by atoms with Crippen LogP contribution in [0.1, 0.15) is 35.8 Å². The van der Waals surface area contributed by atoms with Crippen LogP contribution in [-0.4, -0.2) is 49.0 Å². The third-order valence-electron chi connectivity index (χ3n) is 5.80. The number of aldehydes is 1. The monoisotopic (exact) mass is 616 g/mol. The molecule has 0 radical (unpaired) electrons. The highest BCUT2D eigenvalue weighted by Gasteiger charge is 2.39. The van der Waals surface area contributed by atoms with E-state index in [0.717, 1.165) is 34.4 Å². The number of nitrogens with one attached hydrogen (secondary N) is 2. The Balaban J connectivity index is 0.000000374. The Labute approximate surface area is 264 Å². The Bertz CT molecular complexity index is 1430. The van der Waals surface area contributed by atoms with Crippen LogP contribution in [0.3, 0.4) is 0 Å². The minimum Gasteiger partial charge on any atom is -0.468 e. The summed E-state index contributed by atoms with van der Waals surface area (Å²) in [7, 11) is 3.41. The fourth-order valence-corrected chi connectivity index (χ4v) is 4.88. The molecule has 1 unspecified atom stereocenters. The number of alkyl carbamates (subject to hydrolysis) is 1. The number of aliphatic imine (C=N–C) groups is 1. The molecule has 1 saturated heterocycles. The molecule has 1 atom stereocenters. The first kappa shape index (κ1) is 35.4. The van der Waals surface area contributed by atoms with Gasteiger partial charge in [-0.15, -0.1) is 0 Å². The number of amides is 2. The van der Waals surface area contributed by atoms with Gasteiger partial charge in [-0.1, -0.05) is 79.0 Å². The number of aryl methyl sites for hydroxylation is 1. The summed E-state index contributed by atoms with van der Waals surface area (Å²) in [6.45, 7) is 9.83. The van der Waals surface area contributed by atoms with Gasteiger partial charge < -0.3 is 24.9 Å². The van der Waals surface area contributed by atoms with Crippen LogP contribution in [0, 0.1) is 6.92 Å². The number of carbonyl (C=O) groups is 3. The Morgan fingerprint density at radius 3 is 2.32 bits per heavy atom. The van der Waals surface area contributed by atoms with Crippen LogP contribution in [0.5, 0.6) is 0 Å². The van der Waals surface area contributed by atoms with Gasteiger partial charge in [-0.05, 0) is 61.7 Å². The van der Waals surface area contributed by atoms with E-state index in [2.05, 4.69) is 17.2 Å². The standard InChI is InChI=1S/C23H25N3O2S.C9H11NO2.C2H4O/c1-5-13-28-17(3)15-26-22(27)21(18-9-11-19(24-4)12-10-18)29-23(26)25-20-8-6-7-16(2)14-20;1-10-9(11)12-7-8-5-3-2-4-6-8;1-2-3/h5-14,21,24H,3,15H2,1-2,4H3;2-6H,7H2,1H3,(H,10,11);2H,1H3/b13-5-,25-23?;;. The Hall–Kier alpha value is -4.83. The van der Waals surface area contributed by atoms with Gasteiger partial charge >= 0.3 is 6.09 Å². The molecule has 1 aliphatic rings. The SMILES string of the molecule is C=C(CN1C(=O)C(c2ccc(NC)cc2)SC1=Nc1cccc(C)c1)O/C=C\C.CC=O.CNC(=O)OCc1ccccc1. The number of carbonyl (C=O) groups excluding carboxylic acids is 3. The molecule has 232 valence electrons. The van der Waals surface area contributed by atoms with Crippen molar-refractivity contribution in [3.8, 4) is 0 Å². The van der Waals surface area contributed by atoms with Gasteiger partial charge in [0.2, 0.25) is 5.91 Å². The maximum absolute atomic E-state index is 13.2. The number of thioether (sulfide) groups is 1. The molecule has 44 heavy (non-hydrogen) atoms. The molecule has 9 nitrogen and oxygen atoms in total. The van der Waals surface area contributed by atoms with E-state index in [1.54, 1.807) is 17.2 Å². The zero-order valence-corrected chi connectivity index (χ0v) is 26.6. The summed E-state index contributed by atoms with van der Waals surface area (Å²) in [6.07, 6.45) is 3.68. The van der Waals surface area contributed by atoms with Gasteiger partial charge in [-0.2, -0.15) is 0 Å². The van der Waals surface area contributed by atoms with Gasteiger partial charge in [0.25, 0.3) is 0 Å². The lowest BCUT2D eigenvalue weighted by Crippen LogP contribution is -2.32. The van der Waals surface area contributed by atoms with Crippen LogP contribution in [-0.2, 0) is 25.7 Å². The van der Waals surface area contributed by atoms with E-state index in [1.807, 2.05) is 99.8 Å². The van der Waals surface area contributed by atoms with Crippen LogP contribution in [0.15, 0.2) is 109 Å². The average Bonchev–Trinajstić information content (AvgIpc) is 3.33. The number of benzene rings is 3.